The largest absolute Gasteiger partial charge is 0.461 e. The SMILES string of the molecule is Cc1cc2cc(C(=O)N3CC(N4CCCC[C@H]4C)C3)ccc2o1. The van der Waals surface area contributed by atoms with Crippen molar-refractivity contribution in [2.75, 3.05) is 19.6 Å². The summed E-state index contributed by atoms with van der Waals surface area (Å²) >= 11 is 0. The Hall–Kier alpha value is -1.81. The molecule has 2 fully saturated rings. The molecule has 1 aromatic carbocycles. The minimum absolute atomic E-state index is 0.145. The Bertz CT molecular complexity index is 730. The molecule has 4 rings (SSSR count). The Morgan fingerprint density at radius 1 is 1.22 bits per heavy atom. The van der Waals surface area contributed by atoms with Crippen LogP contribution in [0.1, 0.15) is 42.3 Å². The molecule has 2 aromatic rings. The van der Waals surface area contributed by atoms with Crippen molar-refractivity contribution < 1.29 is 9.21 Å². The predicted octanol–water partition coefficient (Wildman–Crippen LogP) is 3.44. The van der Waals surface area contributed by atoms with Gasteiger partial charge in [-0.1, -0.05) is 6.42 Å². The fourth-order valence-corrected chi connectivity index (χ4v) is 3.99. The highest BCUT2D eigenvalue weighted by molar-refractivity contribution is 5.98. The molecule has 4 nitrogen and oxygen atoms in total. The number of hydrogen-bond donors (Lipinski definition) is 0. The van der Waals surface area contributed by atoms with Crippen molar-refractivity contribution in [1.29, 1.82) is 0 Å². The molecule has 0 saturated carbocycles. The van der Waals surface area contributed by atoms with Crippen LogP contribution in [0.4, 0.5) is 0 Å². The van der Waals surface area contributed by atoms with Gasteiger partial charge in [0.25, 0.3) is 5.91 Å². The molecular weight excluding hydrogens is 288 g/mol. The standard InChI is InChI=1S/C19H24N2O2/c1-13-5-3-4-8-21(13)17-11-20(12-17)19(22)15-6-7-18-16(10-15)9-14(2)23-18/h6-7,9-10,13,17H,3-5,8,11-12H2,1-2H3/t13-/m1/s1. The highest BCUT2D eigenvalue weighted by Gasteiger charge is 2.37. The Labute approximate surface area is 137 Å². The second-order valence-corrected chi connectivity index (χ2v) is 7.06. The average molecular weight is 312 g/mol. The van der Waals surface area contributed by atoms with E-state index in [1.54, 1.807) is 0 Å². The van der Waals surface area contributed by atoms with Crippen LogP contribution in [-0.4, -0.2) is 47.4 Å². The van der Waals surface area contributed by atoms with Crippen LogP contribution in [0, 0.1) is 6.92 Å². The summed E-state index contributed by atoms with van der Waals surface area (Å²) < 4.78 is 5.58. The number of furan rings is 1. The minimum atomic E-state index is 0.145. The van der Waals surface area contributed by atoms with Gasteiger partial charge in [0.1, 0.15) is 11.3 Å². The van der Waals surface area contributed by atoms with Crippen molar-refractivity contribution in [3.8, 4) is 0 Å². The van der Waals surface area contributed by atoms with E-state index in [1.807, 2.05) is 36.1 Å². The molecule has 1 atom stereocenters. The van der Waals surface area contributed by atoms with Crippen molar-refractivity contribution in [2.24, 2.45) is 0 Å². The zero-order valence-electron chi connectivity index (χ0n) is 13.9. The van der Waals surface area contributed by atoms with E-state index in [0.29, 0.717) is 12.1 Å². The summed E-state index contributed by atoms with van der Waals surface area (Å²) in [5, 5.41) is 1.01. The van der Waals surface area contributed by atoms with Gasteiger partial charge in [-0.2, -0.15) is 0 Å². The molecule has 1 aromatic heterocycles. The normalized spacial score (nSPS) is 23.2. The third kappa shape index (κ3) is 2.65. The second-order valence-electron chi connectivity index (χ2n) is 7.06. The van der Waals surface area contributed by atoms with Gasteiger partial charge in [0.15, 0.2) is 0 Å². The Morgan fingerprint density at radius 3 is 2.83 bits per heavy atom. The maximum absolute atomic E-state index is 12.7. The molecule has 0 N–H and O–H groups in total. The highest BCUT2D eigenvalue weighted by atomic mass is 16.3. The second kappa shape index (κ2) is 5.68. The average Bonchev–Trinajstić information content (AvgIpc) is 2.86. The minimum Gasteiger partial charge on any atom is -0.461 e. The summed E-state index contributed by atoms with van der Waals surface area (Å²) in [6, 6.07) is 8.93. The molecule has 23 heavy (non-hydrogen) atoms. The van der Waals surface area contributed by atoms with Gasteiger partial charge in [-0.15, -0.1) is 0 Å². The first kappa shape index (κ1) is 14.8. The van der Waals surface area contributed by atoms with E-state index >= 15 is 0 Å². The van der Waals surface area contributed by atoms with Gasteiger partial charge >= 0.3 is 0 Å². The zero-order chi connectivity index (χ0) is 16.0. The number of piperidine rings is 1. The number of nitrogens with zero attached hydrogens (tertiary/aromatic N) is 2. The van der Waals surface area contributed by atoms with Gasteiger partial charge in [0, 0.05) is 36.1 Å². The molecule has 3 heterocycles. The lowest BCUT2D eigenvalue weighted by molar-refractivity contribution is 0.00214. The monoisotopic (exact) mass is 312 g/mol. The van der Waals surface area contributed by atoms with E-state index in [9.17, 15) is 4.79 Å². The van der Waals surface area contributed by atoms with Crippen LogP contribution in [0.3, 0.4) is 0 Å². The van der Waals surface area contributed by atoms with Crippen LogP contribution >= 0.6 is 0 Å². The number of fused-ring (bicyclic) bond motifs is 1. The summed E-state index contributed by atoms with van der Waals surface area (Å²) in [5.41, 5.74) is 1.62. The fraction of sp³-hybridized carbons (Fsp3) is 0.526. The fourth-order valence-electron chi connectivity index (χ4n) is 3.99. The molecule has 0 unspecified atom stereocenters. The number of likely N-dealkylation sites (tertiary alicyclic amines) is 2. The zero-order valence-corrected chi connectivity index (χ0v) is 13.9. The van der Waals surface area contributed by atoms with Gasteiger partial charge < -0.3 is 9.32 Å². The lowest BCUT2D eigenvalue weighted by Crippen LogP contribution is -2.63. The number of carbonyl (C=O) groups excluding carboxylic acids is 1. The topological polar surface area (TPSA) is 36.7 Å². The highest BCUT2D eigenvalue weighted by Crippen LogP contribution is 2.26. The molecule has 0 bridgehead atoms. The maximum Gasteiger partial charge on any atom is 0.253 e. The van der Waals surface area contributed by atoms with E-state index in [1.165, 1.54) is 25.8 Å². The molecule has 4 heteroatoms. The van der Waals surface area contributed by atoms with Crippen LogP contribution in [0.2, 0.25) is 0 Å². The molecule has 2 aliphatic rings. The Kier molecular flexibility index (Phi) is 3.64. The van der Waals surface area contributed by atoms with Crippen molar-refractivity contribution in [2.45, 2.75) is 45.2 Å². The number of amides is 1. The summed E-state index contributed by atoms with van der Waals surface area (Å²) in [6.07, 6.45) is 3.93. The maximum atomic E-state index is 12.7. The van der Waals surface area contributed by atoms with Crippen LogP contribution in [0.25, 0.3) is 11.0 Å². The van der Waals surface area contributed by atoms with Gasteiger partial charge in [0.2, 0.25) is 0 Å². The predicted molar refractivity (Wildman–Crippen MR) is 90.7 cm³/mol. The summed E-state index contributed by atoms with van der Waals surface area (Å²) in [7, 11) is 0. The third-order valence-corrected chi connectivity index (χ3v) is 5.36. The molecule has 1 amide bonds. The third-order valence-electron chi connectivity index (χ3n) is 5.36. The van der Waals surface area contributed by atoms with E-state index in [2.05, 4.69) is 11.8 Å². The number of aryl methyl sites for hydroxylation is 1. The van der Waals surface area contributed by atoms with E-state index < -0.39 is 0 Å². The molecule has 0 radical (unpaired) electrons. The molecular formula is C19H24N2O2. The van der Waals surface area contributed by atoms with Crippen LogP contribution in [0.5, 0.6) is 0 Å². The summed E-state index contributed by atoms with van der Waals surface area (Å²) in [6.45, 7) is 7.17. The van der Waals surface area contributed by atoms with Gasteiger partial charge in [-0.05, 0) is 57.5 Å². The van der Waals surface area contributed by atoms with Crippen LogP contribution < -0.4 is 0 Å². The lowest BCUT2D eigenvalue weighted by atomic mass is 9.97. The first-order chi connectivity index (χ1) is 11.1. The van der Waals surface area contributed by atoms with E-state index in [0.717, 1.165) is 35.4 Å². The van der Waals surface area contributed by atoms with E-state index in [-0.39, 0.29) is 5.91 Å². The van der Waals surface area contributed by atoms with Crippen molar-refractivity contribution in [1.82, 2.24) is 9.80 Å². The molecule has 0 spiro atoms. The Morgan fingerprint density at radius 2 is 2.04 bits per heavy atom. The molecule has 2 aliphatic heterocycles. The Balaban J connectivity index is 1.43. The lowest BCUT2D eigenvalue weighted by Gasteiger charge is -2.49. The molecule has 122 valence electrons. The number of rotatable bonds is 2. The summed E-state index contributed by atoms with van der Waals surface area (Å²) in [4.78, 5) is 17.2. The number of carbonyl (C=O) groups is 1. The number of benzene rings is 1. The van der Waals surface area contributed by atoms with Crippen molar-refractivity contribution in [3.05, 3.63) is 35.6 Å². The van der Waals surface area contributed by atoms with Gasteiger partial charge in [0.05, 0.1) is 0 Å². The van der Waals surface area contributed by atoms with Crippen molar-refractivity contribution in [3.63, 3.8) is 0 Å². The van der Waals surface area contributed by atoms with E-state index in [4.69, 9.17) is 4.42 Å². The first-order valence-electron chi connectivity index (χ1n) is 8.67. The van der Waals surface area contributed by atoms with Crippen LogP contribution in [-0.2, 0) is 0 Å². The molecule has 0 aliphatic carbocycles. The quantitative estimate of drug-likeness (QED) is 0.852. The van der Waals surface area contributed by atoms with Gasteiger partial charge in [-0.3, -0.25) is 9.69 Å². The van der Waals surface area contributed by atoms with Crippen LogP contribution in [0.15, 0.2) is 28.7 Å². The number of hydrogen-bond acceptors (Lipinski definition) is 3. The van der Waals surface area contributed by atoms with Gasteiger partial charge in [-0.25, -0.2) is 0 Å². The summed E-state index contributed by atoms with van der Waals surface area (Å²) in [5.74, 6) is 1.03. The van der Waals surface area contributed by atoms with Crippen molar-refractivity contribution >= 4 is 16.9 Å². The first-order valence-corrected chi connectivity index (χ1v) is 8.67. The smallest absolute Gasteiger partial charge is 0.253 e. The molecule has 2 saturated heterocycles.